The molecular formula is C17H19N3O3. The van der Waals surface area contributed by atoms with Gasteiger partial charge in [-0.05, 0) is 13.0 Å². The smallest absolute Gasteiger partial charge is 0.242 e. The highest BCUT2D eigenvalue weighted by Gasteiger charge is 2.23. The molecule has 2 aromatic rings. The number of hydrogen-bond donors (Lipinski definition) is 1. The van der Waals surface area contributed by atoms with Gasteiger partial charge in [-0.2, -0.15) is 5.26 Å². The van der Waals surface area contributed by atoms with Crippen LogP contribution in [-0.2, 0) is 16.1 Å². The van der Waals surface area contributed by atoms with E-state index in [0.29, 0.717) is 18.7 Å². The number of rotatable bonds is 2. The SMILES string of the molecule is Cc1c(C#N)c2ccccc2n1CC(=O)N1CCOC[C@@H](O)C1. The second-order valence-corrected chi connectivity index (χ2v) is 5.74. The Bertz CT molecular complexity index is 775. The summed E-state index contributed by atoms with van der Waals surface area (Å²) in [7, 11) is 0. The van der Waals surface area contributed by atoms with Crippen LogP contribution in [0.1, 0.15) is 11.3 Å². The lowest BCUT2D eigenvalue weighted by Crippen LogP contribution is -2.39. The first kappa shape index (κ1) is 15.5. The van der Waals surface area contributed by atoms with Crippen LogP contribution in [0, 0.1) is 18.3 Å². The molecule has 0 spiro atoms. The highest BCUT2D eigenvalue weighted by molar-refractivity contribution is 5.89. The van der Waals surface area contributed by atoms with Crippen molar-refractivity contribution in [2.45, 2.75) is 19.6 Å². The fraction of sp³-hybridized carbons (Fsp3) is 0.412. The molecule has 1 N–H and O–H groups in total. The standard InChI is InChI=1S/C17H19N3O3/c1-12-15(8-18)14-4-2-3-5-16(14)20(12)10-17(22)19-6-7-23-11-13(21)9-19/h2-5,13,21H,6-7,9-11H2,1H3/t13-/m0/s1. The summed E-state index contributed by atoms with van der Waals surface area (Å²) >= 11 is 0. The van der Waals surface area contributed by atoms with E-state index in [-0.39, 0.29) is 25.6 Å². The quantitative estimate of drug-likeness (QED) is 0.898. The number of benzene rings is 1. The van der Waals surface area contributed by atoms with Crippen LogP contribution >= 0.6 is 0 Å². The molecule has 6 heteroatoms. The van der Waals surface area contributed by atoms with Crippen LogP contribution in [0.4, 0.5) is 0 Å². The number of ether oxygens (including phenoxy) is 1. The molecule has 1 aromatic carbocycles. The van der Waals surface area contributed by atoms with Crippen molar-refractivity contribution in [1.29, 1.82) is 5.26 Å². The monoisotopic (exact) mass is 313 g/mol. The zero-order chi connectivity index (χ0) is 16.4. The maximum Gasteiger partial charge on any atom is 0.242 e. The van der Waals surface area contributed by atoms with Gasteiger partial charge in [0, 0.05) is 24.2 Å². The number of para-hydroxylation sites is 1. The number of aliphatic hydroxyl groups is 1. The van der Waals surface area contributed by atoms with Crippen LogP contribution in [-0.4, -0.2) is 52.9 Å². The van der Waals surface area contributed by atoms with E-state index in [1.165, 1.54) is 0 Å². The number of nitrogens with zero attached hydrogens (tertiary/aromatic N) is 3. The van der Waals surface area contributed by atoms with E-state index < -0.39 is 6.10 Å². The maximum absolute atomic E-state index is 12.6. The lowest BCUT2D eigenvalue weighted by Gasteiger charge is -2.22. The van der Waals surface area contributed by atoms with Gasteiger partial charge in [0.15, 0.2) is 0 Å². The first-order chi connectivity index (χ1) is 11.1. The summed E-state index contributed by atoms with van der Waals surface area (Å²) < 4.78 is 7.13. The summed E-state index contributed by atoms with van der Waals surface area (Å²) in [6.07, 6.45) is -0.654. The topological polar surface area (TPSA) is 78.5 Å². The fourth-order valence-corrected chi connectivity index (χ4v) is 3.03. The first-order valence-corrected chi connectivity index (χ1v) is 7.63. The number of hydrogen-bond acceptors (Lipinski definition) is 4. The minimum Gasteiger partial charge on any atom is -0.389 e. The van der Waals surface area contributed by atoms with E-state index in [1.807, 2.05) is 35.8 Å². The number of amides is 1. The van der Waals surface area contributed by atoms with E-state index >= 15 is 0 Å². The van der Waals surface area contributed by atoms with Crippen LogP contribution in [0.25, 0.3) is 10.9 Å². The molecule has 2 heterocycles. The molecule has 1 aliphatic rings. The average molecular weight is 313 g/mol. The Morgan fingerprint density at radius 3 is 3.04 bits per heavy atom. The zero-order valence-electron chi connectivity index (χ0n) is 13.0. The van der Waals surface area contributed by atoms with Crippen molar-refractivity contribution in [2.75, 3.05) is 26.3 Å². The molecule has 0 saturated carbocycles. The molecule has 1 saturated heterocycles. The Morgan fingerprint density at radius 2 is 2.26 bits per heavy atom. The highest BCUT2D eigenvalue weighted by atomic mass is 16.5. The van der Waals surface area contributed by atoms with E-state index in [1.54, 1.807) is 4.90 Å². The molecule has 23 heavy (non-hydrogen) atoms. The van der Waals surface area contributed by atoms with Crippen LogP contribution in [0.2, 0.25) is 0 Å². The van der Waals surface area contributed by atoms with Crippen molar-refractivity contribution in [3.8, 4) is 6.07 Å². The second kappa shape index (κ2) is 6.41. The van der Waals surface area contributed by atoms with Gasteiger partial charge >= 0.3 is 0 Å². The molecule has 1 amide bonds. The molecule has 0 unspecified atom stereocenters. The van der Waals surface area contributed by atoms with Gasteiger partial charge in [0.05, 0.1) is 30.4 Å². The van der Waals surface area contributed by atoms with Crippen molar-refractivity contribution in [3.05, 3.63) is 35.5 Å². The normalized spacial score (nSPS) is 18.7. The summed E-state index contributed by atoms with van der Waals surface area (Å²) in [6.45, 7) is 3.44. The van der Waals surface area contributed by atoms with Crippen molar-refractivity contribution in [3.63, 3.8) is 0 Å². The van der Waals surface area contributed by atoms with Gasteiger partial charge < -0.3 is 19.3 Å². The zero-order valence-corrected chi connectivity index (χ0v) is 13.0. The van der Waals surface area contributed by atoms with E-state index in [2.05, 4.69) is 6.07 Å². The van der Waals surface area contributed by atoms with Crippen molar-refractivity contribution in [2.24, 2.45) is 0 Å². The molecule has 6 nitrogen and oxygen atoms in total. The van der Waals surface area contributed by atoms with Crippen LogP contribution < -0.4 is 0 Å². The molecule has 0 radical (unpaired) electrons. The number of aliphatic hydroxyl groups excluding tert-OH is 1. The van der Waals surface area contributed by atoms with Crippen molar-refractivity contribution in [1.82, 2.24) is 9.47 Å². The largest absolute Gasteiger partial charge is 0.389 e. The van der Waals surface area contributed by atoms with Gasteiger partial charge in [0.1, 0.15) is 12.6 Å². The Hall–Kier alpha value is -2.36. The molecule has 1 atom stereocenters. The number of fused-ring (bicyclic) bond motifs is 1. The van der Waals surface area contributed by atoms with Crippen LogP contribution in [0.15, 0.2) is 24.3 Å². The molecule has 120 valence electrons. The second-order valence-electron chi connectivity index (χ2n) is 5.74. The predicted molar refractivity (Wildman–Crippen MR) is 84.8 cm³/mol. The number of β-amino-alcohol motifs (C(OH)–C–C–N with tert-alkyl or cyclic N) is 1. The Labute approximate surface area is 134 Å². The minimum atomic E-state index is -0.654. The number of nitriles is 1. The van der Waals surface area contributed by atoms with Crippen LogP contribution in [0.3, 0.4) is 0 Å². The number of aromatic nitrogens is 1. The lowest BCUT2D eigenvalue weighted by atomic mass is 10.1. The van der Waals surface area contributed by atoms with Gasteiger partial charge in [0.2, 0.25) is 5.91 Å². The number of carbonyl (C=O) groups is 1. The summed E-state index contributed by atoms with van der Waals surface area (Å²) in [6, 6.07) is 9.81. The van der Waals surface area contributed by atoms with E-state index in [4.69, 9.17) is 4.74 Å². The predicted octanol–water partition coefficient (Wildman–Crippen LogP) is 1.04. The Balaban J connectivity index is 1.91. The molecule has 0 aliphatic carbocycles. The summed E-state index contributed by atoms with van der Waals surface area (Å²) in [5.41, 5.74) is 2.27. The fourth-order valence-electron chi connectivity index (χ4n) is 3.03. The van der Waals surface area contributed by atoms with Gasteiger partial charge in [-0.25, -0.2) is 0 Å². The van der Waals surface area contributed by atoms with E-state index in [9.17, 15) is 15.2 Å². The number of carbonyl (C=O) groups excluding carboxylic acids is 1. The summed E-state index contributed by atoms with van der Waals surface area (Å²) in [4.78, 5) is 14.2. The molecule has 1 aliphatic heterocycles. The van der Waals surface area contributed by atoms with Crippen molar-refractivity contribution < 1.29 is 14.6 Å². The third-order valence-electron chi connectivity index (χ3n) is 4.24. The van der Waals surface area contributed by atoms with Gasteiger partial charge in [-0.1, -0.05) is 18.2 Å². The lowest BCUT2D eigenvalue weighted by molar-refractivity contribution is -0.132. The van der Waals surface area contributed by atoms with Gasteiger partial charge in [-0.15, -0.1) is 0 Å². The van der Waals surface area contributed by atoms with Gasteiger partial charge in [-0.3, -0.25) is 4.79 Å². The minimum absolute atomic E-state index is 0.0807. The van der Waals surface area contributed by atoms with Crippen LogP contribution in [0.5, 0.6) is 0 Å². The molecule has 1 aromatic heterocycles. The molecule has 0 bridgehead atoms. The third kappa shape index (κ3) is 2.93. The first-order valence-electron chi connectivity index (χ1n) is 7.63. The Kier molecular flexibility index (Phi) is 4.33. The summed E-state index contributed by atoms with van der Waals surface area (Å²) in [5, 5.41) is 20.0. The van der Waals surface area contributed by atoms with Crippen molar-refractivity contribution >= 4 is 16.8 Å². The Morgan fingerprint density at radius 1 is 1.48 bits per heavy atom. The average Bonchev–Trinajstić information content (AvgIpc) is 2.69. The highest BCUT2D eigenvalue weighted by Crippen LogP contribution is 2.25. The van der Waals surface area contributed by atoms with Gasteiger partial charge in [0.25, 0.3) is 0 Å². The molecule has 1 fully saturated rings. The molecule has 3 rings (SSSR count). The molecular weight excluding hydrogens is 294 g/mol. The maximum atomic E-state index is 12.6. The third-order valence-corrected chi connectivity index (χ3v) is 4.24. The van der Waals surface area contributed by atoms with E-state index in [0.717, 1.165) is 16.6 Å². The summed E-state index contributed by atoms with van der Waals surface area (Å²) in [5.74, 6) is -0.0807.